The third-order valence-corrected chi connectivity index (χ3v) is 7.27. The van der Waals surface area contributed by atoms with Gasteiger partial charge in [0, 0.05) is 14.0 Å². The Morgan fingerprint density at radius 2 is 1.90 bits per heavy atom. The number of hydrogen-bond donors (Lipinski definition) is 0. The number of hydrogen-bond acceptors (Lipinski definition) is 1. The molecule has 0 aliphatic heterocycles. The van der Waals surface area contributed by atoms with Crippen LogP contribution in [0.15, 0.2) is 28.1 Å². The highest BCUT2D eigenvalue weighted by Gasteiger charge is 2.20. The van der Waals surface area contributed by atoms with E-state index in [-0.39, 0.29) is 0 Å². The van der Waals surface area contributed by atoms with E-state index in [9.17, 15) is 0 Å². The summed E-state index contributed by atoms with van der Waals surface area (Å²) in [6.07, 6.45) is 9.89. The first-order chi connectivity index (χ1) is 9.75. The molecule has 3 heteroatoms. The van der Waals surface area contributed by atoms with Crippen molar-refractivity contribution in [3.05, 3.63) is 33.6 Å². The van der Waals surface area contributed by atoms with Gasteiger partial charge in [-0.05, 0) is 50.7 Å². The van der Waals surface area contributed by atoms with Crippen LogP contribution in [0.2, 0.25) is 0 Å². The summed E-state index contributed by atoms with van der Waals surface area (Å²) in [5.41, 5.74) is 1.48. The predicted octanol–water partition coefficient (Wildman–Crippen LogP) is 7.46. The van der Waals surface area contributed by atoms with E-state index in [4.69, 9.17) is 0 Å². The highest BCUT2D eigenvalue weighted by molar-refractivity contribution is 9.10. The van der Waals surface area contributed by atoms with Crippen LogP contribution in [0, 0.1) is 5.92 Å². The SMILES string of the molecule is Brc1cccc2c(C(Br)CC3CCCCCC3)csc12. The minimum atomic E-state index is 0.508. The van der Waals surface area contributed by atoms with Gasteiger partial charge in [-0.2, -0.15) is 0 Å². The second kappa shape index (κ2) is 6.93. The van der Waals surface area contributed by atoms with Gasteiger partial charge in [0.1, 0.15) is 0 Å². The summed E-state index contributed by atoms with van der Waals surface area (Å²) in [7, 11) is 0. The maximum Gasteiger partial charge on any atom is 0.0488 e. The van der Waals surface area contributed by atoms with Gasteiger partial charge < -0.3 is 0 Å². The number of fused-ring (bicyclic) bond motifs is 1. The minimum Gasteiger partial charge on any atom is -0.142 e. The van der Waals surface area contributed by atoms with E-state index in [0.717, 1.165) is 5.92 Å². The van der Waals surface area contributed by atoms with Gasteiger partial charge in [0.05, 0.1) is 0 Å². The molecule has 1 unspecified atom stereocenters. The summed E-state index contributed by atoms with van der Waals surface area (Å²) >= 11 is 9.48. The summed E-state index contributed by atoms with van der Waals surface area (Å²) < 4.78 is 2.60. The molecule has 1 aromatic carbocycles. The maximum atomic E-state index is 3.96. The molecule has 1 aliphatic carbocycles. The molecule has 0 radical (unpaired) electrons. The quantitative estimate of drug-likeness (QED) is 0.360. The van der Waals surface area contributed by atoms with E-state index in [1.807, 2.05) is 11.3 Å². The van der Waals surface area contributed by atoms with E-state index in [2.05, 4.69) is 55.4 Å². The van der Waals surface area contributed by atoms with Crippen molar-refractivity contribution < 1.29 is 0 Å². The lowest BCUT2D eigenvalue weighted by Gasteiger charge is -2.18. The van der Waals surface area contributed by atoms with Crippen molar-refractivity contribution in [2.24, 2.45) is 5.92 Å². The van der Waals surface area contributed by atoms with Crippen LogP contribution in [0.3, 0.4) is 0 Å². The summed E-state index contributed by atoms with van der Waals surface area (Å²) in [5.74, 6) is 0.906. The highest BCUT2D eigenvalue weighted by Crippen LogP contribution is 2.42. The van der Waals surface area contributed by atoms with Crippen molar-refractivity contribution in [3.8, 4) is 0 Å². The van der Waals surface area contributed by atoms with E-state index < -0.39 is 0 Å². The van der Waals surface area contributed by atoms with Gasteiger partial charge >= 0.3 is 0 Å². The Morgan fingerprint density at radius 3 is 2.65 bits per heavy atom. The second-order valence-corrected chi connectivity index (χ2v) is 8.71. The molecule has 1 atom stereocenters. The third-order valence-electron chi connectivity index (χ3n) is 4.43. The van der Waals surface area contributed by atoms with Crippen molar-refractivity contribution in [3.63, 3.8) is 0 Å². The van der Waals surface area contributed by atoms with Crippen LogP contribution in [0.5, 0.6) is 0 Å². The molecular weight excluding hydrogens is 396 g/mol. The van der Waals surface area contributed by atoms with Gasteiger partial charge in [-0.3, -0.25) is 0 Å². The van der Waals surface area contributed by atoms with Crippen LogP contribution >= 0.6 is 43.2 Å². The average Bonchev–Trinajstić information content (AvgIpc) is 2.72. The van der Waals surface area contributed by atoms with E-state index in [1.165, 1.54) is 65.1 Å². The molecule has 20 heavy (non-hydrogen) atoms. The van der Waals surface area contributed by atoms with Crippen molar-refractivity contribution in [1.29, 1.82) is 0 Å². The van der Waals surface area contributed by atoms with E-state index in [1.54, 1.807) is 0 Å². The molecule has 1 heterocycles. The highest BCUT2D eigenvalue weighted by atomic mass is 79.9. The Bertz CT molecular complexity index is 567. The predicted molar refractivity (Wildman–Crippen MR) is 97.0 cm³/mol. The molecule has 0 nitrogen and oxygen atoms in total. The van der Waals surface area contributed by atoms with E-state index in [0.29, 0.717) is 4.83 Å². The van der Waals surface area contributed by atoms with Crippen molar-refractivity contribution in [2.45, 2.75) is 49.8 Å². The van der Waals surface area contributed by atoms with Crippen LogP contribution in [-0.2, 0) is 0 Å². The molecule has 0 saturated heterocycles. The largest absolute Gasteiger partial charge is 0.142 e. The lowest BCUT2D eigenvalue weighted by atomic mass is 9.93. The Morgan fingerprint density at radius 1 is 1.15 bits per heavy atom. The zero-order valence-corrected chi connectivity index (χ0v) is 15.6. The molecule has 1 saturated carbocycles. The van der Waals surface area contributed by atoms with Crippen molar-refractivity contribution in [2.75, 3.05) is 0 Å². The Balaban J connectivity index is 1.78. The molecule has 2 aromatic rings. The molecule has 1 aromatic heterocycles. The summed E-state index contributed by atoms with van der Waals surface area (Å²) in [6, 6.07) is 6.54. The summed E-state index contributed by atoms with van der Waals surface area (Å²) in [6.45, 7) is 0. The fourth-order valence-corrected chi connectivity index (χ4v) is 6.06. The molecule has 1 aliphatic rings. The summed E-state index contributed by atoms with van der Waals surface area (Å²) in [4.78, 5) is 0.508. The van der Waals surface area contributed by atoms with Gasteiger partial charge in [-0.25, -0.2) is 0 Å². The Hall–Kier alpha value is 0.140. The zero-order valence-electron chi connectivity index (χ0n) is 11.6. The molecule has 0 bridgehead atoms. The first-order valence-corrected chi connectivity index (χ1v) is 10.1. The fraction of sp³-hybridized carbons (Fsp3) is 0.529. The monoisotopic (exact) mass is 414 g/mol. The smallest absolute Gasteiger partial charge is 0.0488 e. The normalized spacial score (nSPS) is 19.1. The molecule has 0 N–H and O–H groups in total. The van der Waals surface area contributed by atoms with Crippen LogP contribution in [0.1, 0.15) is 55.3 Å². The Kier molecular flexibility index (Phi) is 5.22. The molecule has 108 valence electrons. The lowest BCUT2D eigenvalue weighted by Crippen LogP contribution is -2.02. The standard InChI is InChI=1S/C17H20Br2S/c18-15-9-5-8-13-14(11-20-17(13)15)16(19)10-12-6-3-1-2-4-7-12/h5,8-9,11-12,16H,1-4,6-7,10H2. The molecule has 1 fully saturated rings. The molecule has 3 rings (SSSR count). The van der Waals surface area contributed by atoms with Gasteiger partial charge in [-0.15, -0.1) is 11.3 Å². The topological polar surface area (TPSA) is 0 Å². The first-order valence-electron chi connectivity index (χ1n) is 7.55. The maximum absolute atomic E-state index is 3.96. The second-order valence-electron chi connectivity index (χ2n) is 5.87. The number of halogens is 2. The van der Waals surface area contributed by atoms with Crippen LogP contribution in [0.25, 0.3) is 10.1 Å². The van der Waals surface area contributed by atoms with Gasteiger partial charge in [0.2, 0.25) is 0 Å². The molecule has 0 amide bonds. The number of thiophene rings is 1. The van der Waals surface area contributed by atoms with Crippen molar-refractivity contribution in [1.82, 2.24) is 0 Å². The molecule has 0 spiro atoms. The number of benzene rings is 1. The third kappa shape index (κ3) is 3.31. The summed E-state index contributed by atoms with van der Waals surface area (Å²) in [5, 5.41) is 3.76. The van der Waals surface area contributed by atoms with Crippen molar-refractivity contribution >= 4 is 53.3 Å². The van der Waals surface area contributed by atoms with Crippen LogP contribution in [-0.4, -0.2) is 0 Å². The van der Waals surface area contributed by atoms with Gasteiger partial charge in [0.25, 0.3) is 0 Å². The minimum absolute atomic E-state index is 0.508. The number of rotatable bonds is 3. The fourth-order valence-electron chi connectivity index (χ4n) is 3.30. The van der Waals surface area contributed by atoms with Gasteiger partial charge in [-0.1, -0.05) is 66.6 Å². The van der Waals surface area contributed by atoms with Gasteiger partial charge in [0.15, 0.2) is 0 Å². The average molecular weight is 416 g/mol. The Labute approximate surface area is 142 Å². The lowest BCUT2D eigenvalue weighted by molar-refractivity contribution is 0.428. The zero-order chi connectivity index (χ0) is 13.9. The van der Waals surface area contributed by atoms with E-state index >= 15 is 0 Å². The van der Waals surface area contributed by atoms with Crippen LogP contribution in [0.4, 0.5) is 0 Å². The van der Waals surface area contributed by atoms with Crippen LogP contribution < -0.4 is 0 Å². The molecular formula is C17H20Br2S. The first kappa shape index (κ1) is 15.1. The number of alkyl halides is 1.